The number of aliphatic hydroxyl groups is 1. The molecule has 148 valence electrons. The Kier molecular flexibility index (Phi) is 4.08. The van der Waals surface area contributed by atoms with Gasteiger partial charge in [-0.15, -0.1) is 0 Å². The first kappa shape index (κ1) is 17.9. The predicted octanol–water partition coefficient (Wildman–Crippen LogP) is 3.33. The molecule has 0 bridgehead atoms. The molecule has 0 radical (unpaired) electrons. The fourth-order valence-corrected chi connectivity index (χ4v) is 8.49. The van der Waals surface area contributed by atoms with E-state index < -0.39 is 0 Å². The molecule has 4 nitrogen and oxygen atoms in total. The predicted molar refractivity (Wildman–Crippen MR) is 101 cm³/mol. The first-order valence-electron chi connectivity index (χ1n) is 11.1. The van der Waals surface area contributed by atoms with Gasteiger partial charge in [-0.2, -0.15) is 0 Å². The summed E-state index contributed by atoms with van der Waals surface area (Å²) < 4.78 is 12.2. The number of hydrogen-bond acceptors (Lipinski definition) is 4. The minimum absolute atomic E-state index is 0.172. The van der Waals surface area contributed by atoms with Crippen LogP contribution in [0.2, 0.25) is 0 Å². The van der Waals surface area contributed by atoms with Gasteiger partial charge >= 0.3 is 0 Å². The van der Waals surface area contributed by atoms with Gasteiger partial charge in [-0.25, -0.2) is 0 Å². The molecule has 5 aliphatic rings. The summed E-state index contributed by atoms with van der Waals surface area (Å²) in [5.74, 6) is 2.79. The van der Waals surface area contributed by atoms with Crippen LogP contribution in [-0.4, -0.2) is 43.3 Å². The molecular weight excluding hydrogens is 326 g/mol. The fraction of sp³-hybridized carbons (Fsp3) is 1.00. The summed E-state index contributed by atoms with van der Waals surface area (Å²) in [4.78, 5) is 0. The van der Waals surface area contributed by atoms with Crippen LogP contribution in [0.4, 0.5) is 0 Å². The normalized spacial score (nSPS) is 55.4. The van der Waals surface area contributed by atoms with Crippen molar-refractivity contribution < 1.29 is 14.6 Å². The van der Waals surface area contributed by atoms with Gasteiger partial charge in [-0.3, -0.25) is 0 Å². The molecular formula is C22H37NO3. The molecule has 1 heterocycles. The van der Waals surface area contributed by atoms with Crippen molar-refractivity contribution in [1.82, 2.24) is 5.32 Å². The highest BCUT2D eigenvalue weighted by Crippen LogP contribution is 2.67. The fourth-order valence-electron chi connectivity index (χ4n) is 8.49. The Morgan fingerprint density at radius 1 is 0.923 bits per heavy atom. The summed E-state index contributed by atoms with van der Waals surface area (Å²) >= 11 is 0. The van der Waals surface area contributed by atoms with Crippen molar-refractivity contribution in [1.29, 1.82) is 0 Å². The van der Waals surface area contributed by atoms with E-state index in [2.05, 4.69) is 19.2 Å². The van der Waals surface area contributed by atoms with E-state index in [1.165, 1.54) is 32.1 Å². The molecule has 4 heteroatoms. The van der Waals surface area contributed by atoms with Crippen LogP contribution in [0.15, 0.2) is 0 Å². The van der Waals surface area contributed by atoms with Gasteiger partial charge in [0.1, 0.15) is 0 Å². The average Bonchev–Trinajstić information content (AvgIpc) is 3.17. The van der Waals surface area contributed by atoms with Crippen LogP contribution in [0.5, 0.6) is 0 Å². The maximum atomic E-state index is 10.7. The number of ether oxygens (including phenoxy) is 2. The van der Waals surface area contributed by atoms with Gasteiger partial charge in [0.15, 0.2) is 5.79 Å². The maximum absolute atomic E-state index is 10.7. The third-order valence-electron chi connectivity index (χ3n) is 9.82. The lowest BCUT2D eigenvalue weighted by Crippen LogP contribution is -2.57. The number of rotatable bonds is 1. The topological polar surface area (TPSA) is 50.7 Å². The Morgan fingerprint density at radius 3 is 2.42 bits per heavy atom. The molecule has 5 rings (SSSR count). The van der Waals surface area contributed by atoms with Gasteiger partial charge in [0.05, 0.1) is 19.3 Å². The minimum atomic E-state index is -0.249. The van der Waals surface area contributed by atoms with Crippen LogP contribution in [0, 0.1) is 34.5 Å². The molecule has 2 N–H and O–H groups in total. The SMILES string of the molecule is CN[C@@H]1[C@@H](O)C[C@H]2[C@@H]3CC[C@H]4CC5(CC[C@]4(C)[C@H]3CC[C@]12C)OCCO5. The summed E-state index contributed by atoms with van der Waals surface area (Å²) in [7, 11) is 2.04. The van der Waals surface area contributed by atoms with E-state index in [1.807, 2.05) is 7.05 Å². The third-order valence-corrected chi connectivity index (χ3v) is 9.82. The number of hydrogen-bond donors (Lipinski definition) is 2. The van der Waals surface area contributed by atoms with E-state index in [4.69, 9.17) is 9.47 Å². The summed E-state index contributed by atoms with van der Waals surface area (Å²) in [6, 6.07) is 0.272. The summed E-state index contributed by atoms with van der Waals surface area (Å²) in [5.41, 5.74) is 0.708. The lowest BCUT2D eigenvalue weighted by Gasteiger charge is -2.61. The Balaban J connectivity index is 1.40. The van der Waals surface area contributed by atoms with Crippen molar-refractivity contribution in [2.75, 3.05) is 20.3 Å². The molecule has 0 aromatic heterocycles. The van der Waals surface area contributed by atoms with E-state index in [0.29, 0.717) is 11.3 Å². The molecule has 4 saturated carbocycles. The number of nitrogens with one attached hydrogen (secondary N) is 1. The molecule has 0 aromatic rings. The number of aliphatic hydroxyl groups excluding tert-OH is 1. The summed E-state index contributed by atoms with van der Waals surface area (Å²) in [5, 5.41) is 14.2. The second-order valence-electron chi connectivity index (χ2n) is 10.6. The van der Waals surface area contributed by atoms with Gasteiger partial charge in [0.25, 0.3) is 0 Å². The third kappa shape index (κ3) is 2.28. The zero-order valence-corrected chi connectivity index (χ0v) is 16.8. The van der Waals surface area contributed by atoms with Gasteiger partial charge in [0, 0.05) is 18.9 Å². The molecule has 0 amide bonds. The van der Waals surface area contributed by atoms with Crippen molar-refractivity contribution in [3.63, 3.8) is 0 Å². The molecule has 5 fully saturated rings. The number of fused-ring (bicyclic) bond motifs is 5. The highest BCUT2D eigenvalue weighted by atomic mass is 16.7. The van der Waals surface area contributed by atoms with Crippen LogP contribution in [0.25, 0.3) is 0 Å². The lowest BCUT2D eigenvalue weighted by molar-refractivity contribution is -0.229. The second kappa shape index (κ2) is 5.92. The zero-order valence-electron chi connectivity index (χ0n) is 16.8. The quantitative estimate of drug-likeness (QED) is 0.750. The van der Waals surface area contributed by atoms with E-state index in [1.54, 1.807) is 0 Å². The van der Waals surface area contributed by atoms with Crippen molar-refractivity contribution in [2.45, 2.75) is 83.1 Å². The van der Waals surface area contributed by atoms with E-state index in [0.717, 1.165) is 50.2 Å². The standard InChI is InChI=1S/C22H37NO3/c1-20-8-9-22(25-10-11-26-22)13-14(20)4-5-15-16(20)6-7-21(2)17(15)12-18(24)19(21)23-3/h14-19,23-24H,4-13H2,1-3H3/t14-,15+,16-,17-,18-,19+,20-,21-/m0/s1. The molecule has 26 heavy (non-hydrogen) atoms. The van der Waals surface area contributed by atoms with Crippen molar-refractivity contribution in [3.8, 4) is 0 Å². The minimum Gasteiger partial charge on any atom is -0.391 e. The smallest absolute Gasteiger partial charge is 0.168 e. The summed E-state index contributed by atoms with van der Waals surface area (Å²) in [6.45, 7) is 6.59. The Hall–Kier alpha value is -0.160. The van der Waals surface area contributed by atoms with Crippen LogP contribution >= 0.6 is 0 Å². The van der Waals surface area contributed by atoms with E-state index in [-0.39, 0.29) is 23.3 Å². The Bertz CT molecular complexity index is 562. The van der Waals surface area contributed by atoms with E-state index >= 15 is 0 Å². The van der Waals surface area contributed by atoms with Crippen LogP contribution in [0.1, 0.15) is 65.2 Å². The van der Waals surface area contributed by atoms with Gasteiger partial charge in [-0.05, 0) is 80.1 Å². The lowest BCUT2D eigenvalue weighted by atomic mass is 9.44. The second-order valence-corrected chi connectivity index (χ2v) is 10.6. The largest absolute Gasteiger partial charge is 0.391 e. The highest BCUT2D eigenvalue weighted by Gasteiger charge is 2.63. The molecule has 1 saturated heterocycles. The molecule has 0 unspecified atom stereocenters. The first-order valence-corrected chi connectivity index (χ1v) is 11.1. The van der Waals surface area contributed by atoms with Gasteiger partial charge in [-0.1, -0.05) is 13.8 Å². The molecule has 0 aromatic carbocycles. The molecule has 1 spiro atoms. The Labute approximate surface area is 158 Å². The number of likely N-dealkylation sites (N-methyl/N-ethyl adjacent to an activating group) is 1. The maximum Gasteiger partial charge on any atom is 0.168 e. The molecule has 8 atom stereocenters. The van der Waals surface area contributed by atoms with Gasteiger partial charge in [0.2, 0.25) is 0 Å². The Morgan fingerprint density at radius 2 is 1.69 bits per heavy atom. The summed E-state index contributed by atoms with van der Waals surface area (Å²) in [6.07, 6.45) is 9.52. The average molecular weight is 364 g/mol. The van der Waals surface area contributed by atoms with Crippen LogP contribution in [0.3, 0.4) is 0 Å². The van der Waals surface area contributed by atoms with Crippen LogP contribution in [-0.2, 0) is 9.47 Å². The van der Waals surface area contributed by atoms with Crippen molar-refractivity contribution in [3.05, 3.63) is 0 Å². The highest BCUT2D eigenvalue weighted by molar-refractivity contribution is 5.13. The van der Waals surface area contributed by atoms with Crippen molar-refractivity contribution in [2.24, 2.45) is 34.5 Å². The molecule has 1 aliphatic heterocycles. The van der Waals surface area contributed by atoms with Crippen LogP contribution < -0.4 is 5.32 Å². The monoisotopic (exact) mass is 363 g/mol. The zero-order chi connectivity index (χ0) is 18.2. The van der Waals surface area contributed by atoms with Crippen molar-refractivity contribution >= 4 is 0 Å². The molecule has 4 aliphatic carbocycles. The van der Waals surface area contributed by atoms with Gasteiger partial charge < -0.3 is 19.9 Å². The van der Waals surface area contributed by atoms with E-state index in [9.17, 15) is 5.11 Å². The first-order chi connectivity index (χ1) is 12.4.